The van der Waals surface area contributed by atoms with Crippen molar-refractivity contribution < 1.29 is 18.0 Å². The maximum Gasteiger partial charge on any atom is 0.393 e. The van der Waals surface area contributed by atoms with E-state index in [2.05, 4.69) is 10.2 Å². The van der Waals surface area contributed by atoms with Gasteiger partial charge in [0, 0.05) is 26.1 Å². The van der Waals surface area contributed by atoms with Crippen molar-refractivity contribution in [2.24, 2.45) is 24.6 Å². The van der Waals surface area contributed by atoms with Gasteiger partial charge in [0.05, 0.1) is 18.4 Å². The average molecular weight is 319 g/mol. The summed E-state index contributed by atoms with van der Waals surface area (Å²) in [4.78, 5) is 12.8. The summed E-state index contributed by atoms with van der Waals surface area (Å²) in [7, 11) is 1.79. The lowest BCUT2D eigenvalue weighted by molar-refractivity contribution is -0.182. The first-order valence-electron chi connectivity index (χ1n) is 7.07. The predicted octanol–water partition coefficient (Wildman–Crippen LogP) is 1.03. The van der Waals surface area contributed by atoms with E-state index in [0.29, 0.717) is 5.82 Å². The Morgan fingerprint density at radius 2 is 2.00 bits per heavy atom. The minimum atomic E-state index is -4.43. The van der Waals surface area contributed by atoms with Crippen molar-refractivity contribution in [1.82, 2.24) is 19.7 Å². The lowest BCUT2D eigenvalue weighted by atomic mass is 9.95. The molecule has 1 aromatic rings. The Kier molecular flexibility index (Phi) is 4.46. The topological polar surface area (TPSA) is 77.0 Å². The second-order valence-electron chi connectivity index (χ2n) is 6.04. The molecule has 2 heterocycles. The number of aromatic nitrogens is 3. The van der Waals surface area contributed by atoms with E-state index >= 15 is 0 Å². The molecule has 1 aliphatic heterocycles. The Bertz CT molecular complexity index is 554. The Balaban J connectivity index is 2.13. The number of primary amides is 1. The molecule has 0 saturated carbocycles. The fourth-order valence-corrected chi connectivity index (χ4v) is 2.85. The number of alkyl halides is 3. The number of hydrogen-bond donors (Lipinski definition) is 1. The van der Waals surface area contributed by atoms with E-state index in [1.807, 2.05) is 13.8 Å². The van der Waals surface area contributed by atoms with Gasteiger partial charge in [-0.25, -0.2) is 0 Å². The van der Waals surface area contributed by atoms with E-state index in [1.54, 1.807) is 16.5 Å². The first-order valence-corrected chi connectivity index (χ1v) is 7.07. The van der Waals surface area contributed by atoms with E-state index in [9.17, 15) is 18.0 Å². The van der Waals surface area contributed by atoms with Gasteiger partial charge in [-0.2, -0.15) is 13.2 Å². The minimum Gasteiger partial charge on any atom is -0.369 e. The van der Waals surface area contributed by atoms with Crippen LogP contribution in [0.2, 0.25) is 0 Å². The summed E-state index contributed by atoms with van der Waals surface area (Å²) in [6.45, 7) is 3.88. The van der Waals surface area contributed by atoms with Crippen LogP contribution in [0.1, 0.15) is 31.4 Å². The lowest BCUT2D eigenvalue weighted by Gasteiger charge is -2.18. The van der Waals surface area contributed by atoms with E-state index in [4.69, 9.17) is 5.73 Å². The van der Waals surface area contributed by atoms with Crippen LogP contribution in [0.4, 0.5) is 13.2 Å². The quantitative estimate of drug-likeness (QED) is 0.899. The maximum atomic E-state index is 13.0. The number of likely N-dealkylation sites (tertiary alicyclic amines) is 1. The highest BCUT2D eigenvalue weighted by atomic mass is 19.4. The molecule has 0 spiro atoms. The van der Waals surface area contributed by atoms with Crippen LogP contribution < -0.4 is 5.73 Å². The van der Waals surface area contributed by atoms with Gasteiger partial charge in [-0.05, 0) is 0 Å². The molecule has 1 aromatic heterocycles. The molecule has 1 saturated heterocycles. The molecule has 1 aliphatic rings. The zero-order chi connectivity index (χ0) is 16.7. The van der Waals surface area contributed by atoms with Crippen LogP contribution in [0.25, 0.3) is 0 Å². The van der Waals surface area contributed by atoms with Gasteiger partial charge in [0.25, 0.3) is 0 Å². The molecular weight excluding hydrogens is 299 g/mol. The molecule has 0 radical (unpaired) electrons. The SMILES string of the molecule is CC(C)c1nnc(CN2C[C@@H](C(F)(F)F)[C@H](C(N)=O)C2)n1C. The second-order valence-corrected chi connectivity index (χ2v) is 6.04. The first-order chi connectivity index (χ1) is 10.1. The summed E-state index contributed by atoms with van der Waals surface area (Å²) in [5.41, 5.74) is 5.12. The Labute approximate surface area is 126 Å². The first kappa shape index (κ1) is 16.7. The van der Waals surface area contributed by atoms with Crippen LogP contribution >= 0.6 is 0 Å². The smallest absolute Gasteiger partial charge is 0.369 e. The number of amides is 1. The summed E-state index contributed by atoms with van der Waals surface area (Å²) in [6, 6.07) is 0. The van der Waals surface area contributed by atoms with Crippen LogP contribution in [0.15, 0.2) is 0 Å². The molecule has 0 aromatic carbocycles. The molecule has 2 atom stereocenters. The normalized spacial score (nSPS) is 23.4. The number of carbonyl (C=O) groups is 1. The molecule has 0 aliphatic carbocycles. The molecule has 22 heavy (non-hydrogen) atoms. The van der Waals surface area contributed by atoms with Crippen molar-refractivity contribution in [3.8, 4) is 0 Å². The van der Waals surface area contributed by atoms with Gasteiger partial charge >= 0.3 is 6.18 Å². The maximum absolute atomic E-state index is 13.0. The van der Waals surface area contributed by atoms with Crippen molar-refractivity contribution >= 4 is 5.91 Å². The van der Waals surface area contributed by atoms with Crippen LogP contribution in [0.5, 0.6) is 0 Å². The second kappa shape index (κ2) is 5.86. The Morgan fingerprint density at radius 1 is 1.36 bits per heavy atom. The zero-order valence-electron chi connectivity index (χ0n) is 12.8. The van der Waals surface area contributed by atoms with Crippen LogP contribution in [-0.2, 0) is 18.4 Å². The summed E-state index contributed by atoms with van der Waals surface area (Å²) in [5.74, 6) is -2.32. The molecular formula is C13H20F3N5O. The van der Waals surface area contributed by atoms with E-state index in [0.717, 1.165) is 5.82 Å². The molecule has 2 rings (SSSR count). The van der Waals surface area contributed by atoms with Gasteiger partial charge in [-0.3, -0.25) is 9.69 Å². The molecule has 124 valence electrons. The molecule has 0 unspecified atom stereocenters. The number of nitrogens with zero attached hydrogens (tertiary/aromatic N) is 4. The largest absolute Gasteiger partial charge is 0.393 e. The van der Waals surface area contributed by atoms with Gasteiger partial charge in [-0.1, -0.05) is 13.8 Å². The highest BCUT2D eigenvalue weighted by molar-refractivity contribution is 5.77. The van der Waals surface area contributed by atoms with Crippen molar-refractivity contribution in [3.05, 3.63) is 11.6 Å². The van der Waals surface area contributed by atoms with Gasteiger partial charge in [0.15, 0.2) is 0 Å². The van der Waals surface area contributed by atoms with E-state index < -0.39 is 23.9 Å². The number of nitrogens with two attached hydrogens (primary N) is 1. The number of rotatable bonds is 4. The zero-order valence-corrected chi connectivity index (χ0v) is 12.8. The Hall–Kier alpha value is -1.64. The average Bonchev–Trinajstić information content (AvgIpc) is 2.94. The van der Waals surface area contributed by atoms with Gasteiger partial charge < -0.3 is 10.3 Å². The third-order valence-corrected chi connectivity index (χ3v) is 4.06. The summed E-state index contributed by atoms with van der Waals surface area (Å²) in [6.07, 6.45) is -4.43. The molecule has 9 heteroatoms. The van der Waals surface area contributed by atoms with Crippen LogP contribution in [0, 0.1) is 11.8 Å². The van der Waals surface area contributed by atoms with Crippen molar-refractivity contribution in [1.29, 1.82) is 0 Å². The third kappa shape index (κ3) is 3.23. The van der Waals surface area contributed by atoms with Crippen molar-refractivity contribution in [2.45, 2.75) is 32.5 Å². The molecule has 1 amide bonds. The third-order valence-electron chi connectivity index (χ3n) is 4.06. The van der Waals surface area contributed by atoms with Gasteiger partial charge in [0.1, 0.15) is 11.6 Å². The predicted molar refractivity (Wildman–Crippen MR) is 72.6 cm³/mol. The molecule has 2 N–H and O–H groups in total. The lowest BCUT2D eigenvalue weighted by Crippen LogP contribution is -2.37. The molecule has 6 nitrogen and oxygen atoms in total. The molecule has 0 bridgehead atoms. The summed E-state index contributed by atoms with van der Waals surface area (Å²) in [5, 5.41) is 8.08. The number of carbonyl (C=O) groups excluding carboxylic acids is 1. The fourth-order valence-electron chi connectivity index (χ4n) is 2.85. The summed E-state index contributed by atoms with van der Waals surface area (Å²) < 4.78 is 40.8. The van der Waals surface area contributed by atoms with Crippen LogP contribution in [-0.4, -0.2) is 44.8 Å². The van der Waals surface area contributed by atoms with Crippen LogP contribution in [0.3, 0.4) is 0 Å². The van der Waals surface area contributed by atoms with Gasteiger partial charge in [-0.15, -0.1) is 10.2 Å². The van der Waals surface area contributed by atoms with E-state index in [-0.39, 0.29) is 25.6 Å². The van der Waals surface area contributed by atoms with Crippen molar-refractivity contribution in [3.63, 3.8) is 0 Å². The van der Waals surface area contributed by atoms with Gasteiger partial charge in [0.2, 0.25) is 5.91 Å². The highest BCUT2D eigenvalue weighted by Crippen LogP contribution is 2.37. The Morgan fingerprint density at radius 3 is 2.41 bits per heavy atom. The van der Waals surface area contributed by atoms with E-state index in [1.165, 1.54) is 0 Å². The summed E-state index contributed by atoms with van der Waals surface area (Å²) >= 11 is 0. The number of halogens is 3. The fraction of sp³-hybridized carbons (Fsp3) is 0.769. The minimum absolute atomic E-state index is 0.0105. The standard InChI is InChI=1S/C13H20F3N5O/c1-7(2)12-19-18-10(20(12)3)6-21-4-8(11(17)22)9(5-21)13(14,15)16/h7-9H,4-6H2,1-3H3,(H2,17,22)/t8-,9-/m1/s1. The highest BCUT2D eigenvalue weighted by Gasteiger charge is 2.51. The number of hydrogen-bond acceptors (Lipinski definition) is 4. The molecule has 1 fully saturated rings. The monoisotopic (exact) mass is 319 g/mol. The van der Waals surface area contributed by atoms with Crippen molar-refractivity contribution in [2.75, 3.05) is 13.1 Å².